The molecule has 1 saturated carbocycles. The lowest BCUT2D eigenvalue weighted by atomic mass is 9.94. The highest BCUT2D eigenvalue weighted by Gasteiger charge is 2.47. The topological polar surface area (TPSA) is 112 Å². The summed E-state index contributed by atoms with van der Waals surface area (Å²) in [5.41, 5.74) is 6.60. The Morgan fingerprint density at radius 1 is 1.26 bits per heavy atom. The lowest BCUT2D eigenvalue weighted by Crippen LogP contribution is -2.43. The lowest BCUT2D eigenvalue weighted by molar-refractivity contribution is 0.108. The molecule has 0 radical (unpaired) electrons. The highest BCUT2D eigenvalue weighted by molar-refractivity contribution is 7.23. The van der Waals surface area contributed by atoms with Crippen LogP contribution in [-0.4, -0.2) is 64.4 Å². The maximum Gasteiger partial charge on any atom is 0.319 e. The molecular weight excluding hydrogens is 637 g/mol. The molecule has 3 aliphatic heterocycles. The fraction of sp³-hybridized carbons (Fsp3) is 0.424. The summed E-state index contributed by atoms with van der Waals surface area (Å²) < 4.78 is 51.7. The SMILES string of the molecule is N#Cc1c(N)sc2c(F)ccc(-c3c(Cl)cc4c(N5C[C@@H]6C[C@H](C5)[C@H](O)C6)nc(OCC56CCCN5C/C(=C\F)C6)nc4c3F)c12. The van der Waals surface area contributed by atoms with E-state index < -0.39 is 17.7 Å². The third-order valence-corrected chi connectivity index (χ3v) is 11.7. The number of aliphatic hydroxyl groups is 1. The van der Waals surface area contributed by atoms with E-state index in [0.717, 1.165) is 37.1 Å². The molecule has 4 fully saturated rings. The molecule has 13 heteroatoms. The number of aromatic nitrogens is 2. The number of nitriles is 1. The molecule has 4 aliphatic rings. The first-order valence-electron chi connectivity index (χ1n) is 15.4. The van der Waals surface area contributed by atoms with E-state index in [0.29, 0.717) is 55.6 Å². The number of rotatable bonds is 5. The third-order valence-electron chi connectivity index (χ3n) is 10.3. The molecule has 5 heterocycles. The fourth-order valence-corrected chi connectivity index (χ4v) is 9.52. The van der Waals surface area contributed by atoms with Crippen molar-refractivity contribution >= 4 is 54.7 Å². The largest absolute Gasteiger partial charge is 0.461 e. The van der Waals surface area contributed by atoms with Gasteiger partial charge >= 0.3 is 6.01 Å². The summed E-state index contributed by atoms with van der Waals surface area (Å²) in [6.45, 7) is 2.75. The van der Waals surface area contributed by atoms with Crippen molar-refractivity contribution in [3.05, 3.63) is 52.3 Å². The number of halogens is 4. The van der Waals surface area contributed by atoms with Crippen LogP contribution in [0.15, 0.2) is 30.1 Å². The normalized spacial score (nSPS) is 26.8. The molecule has 8 nitrogen and oxygen atoms in total. The van der Waals surface area contributed by atoms with Gasteiger partial charge in [-0.2, -0.15) is 15.2 Å². The first kappa shape index (κ1) is 29.8. The van der Waals surface area contributed by atoms with Gasteiger partial charge in [-0.05, 0) is 67.8 Å². The zero-order chi connectivity index (χ0) is 31.9. The van der Waals surface area contributed by atoms with Crippen LogP contribution < -0.4 is 15.4 Å². The van der Waals surface area contributed by atoms with Crippen molar-refractivity contribution in [2.45, 2.75) is 43.7 Å². The average molecular weight is 667 g/mol. The van der Waals surface area contributed by atoms with Crippen molar-refractivity contribution in [3.63, 3.8) is 0 Å². The molecule has 4 aromatic rings. The van der Waals surface area contributed by atoms with Crippen LogP contribution in [0.5, 0.6) is 6.01 Å². The zero-order valence-corrected chi connectivity index (χ0v) is 26.3. The van der Waals surface area contributed by atoms with Crippen molar-refractivity contribution < 1.29 is 23.0 Å². The van der Waals surface area contributed by atoms with Gasteiger partial charge in [0.15, 0.2) is 5.82 Å². The Morgan fingerprint density at radius 2 is 2.11 bits per heavy atom. The van der Waals surface area contributed by atoms with E-state index in [4.69, 9.17) is 27.1 Å². The molecule has 2 aromatic heterocycles. The van der Waals surface area contributed by atoms with Crippen LogP contribution in [0.2, 0.25) is 5.02 Å². The van der Waals surface area contributed by atoms with E-state index in [2.05, 4.69) is 9.88 Å². The minimum Gasteiger partial charge on any atom is -0.461 e. The number of benzene rings is 2. The Morgan fingerprint density at radius 3 is 2.89 bits per heavy atom. The lowest BCUT2D eigenvalue weighted by Gasteiger charge is -2.34. The van der Waals surface area contributed by atoms with Crippen LogP contribution in [0.3, 0.4) is 0 Å². The average Bonchev–Trinajstić information content (AvgIpc) is 3.76. The number of ether oxygens (including phenoxy) is 1. The second-order valence-corrected chi connectivity index (χ2v) is 14.5. The van der Waals surface area contributed by atoms with E-state index >= 15 is 4.39 Å². The molecule has 3 N–H and O–H groups in total. The van der Waals surface area contributed by atoms with E-state index in [9.17, 15) is 19.1 Å². The third kappa shape index (κ3) is 4.54. The monoisotopic (exact) mass is 666 g/mol. The van der Waals surface area contributed by atoms with Crippen LogP contribution >= 0.6 is 22.9 Å². The van der Waals surface area contributed by atoms with Crippen LogP contribution in [0.25, 0.3) is 32.1 Å². The number of nitrogen functional groups attached to an aromatic ring is 1. The van der Waals surface area contributed by atoms with Gasteiger partial charge in [0.25, 0.3) is 0 Å². The minimum atomic E-state index is -0.762. The number of thiophene rings is 1. The molecular formula is C33H30ClF3N6O2S. The minimum absolute atomic E-state index is 0.0196. The van der Waals surface area contributed by atoms with E-state index in [1.54, 1.807) is 6.07 Å². The van der Waals surface area contributed by atoms with E-state index in [1.165, 1.54) is 12.1 Å². The Balaban J connectivity index is 1.28. The summed E-state index contributed by atoms with van der Waals surface area (Å²) in [4.78, 5) is 13.6. The zero-order valence-electron chi connectivity index (χ0n) is 24.7. The Bertz CT molecular complexity index is 2000. The molecule has 0 amide bonds. The summed E-state index contributed by atoms with van der Waals surface area (Å²) in [6.07, 6.45) is 4.21. The van der Waals surface area contributed by atoms with Gasteiger partial charge in [-0.15, -0.1) is 11.3 Å². The van der Waals surface area contributed by atoms with Crippen LogP contribution in [0.4, 0.5) is 24.0 Å². The van der Waals surface area contributed by atoms with Gasteiger partial charge in [0.05, 0.1) is 33.3 Å². The van der Waals surface area contributed by atoms with E-state index in [-0.39, 0.29) is 72.3 Å². The van der Waals surface area contributed by atoms with Gasteiger partial charge in [-0.1, -0.05) is 17.7 Å². The summed E-state index contributed by atoms with van der Waals surface area (Å²) in [7, 11) is 0. The molecule has 8 rings (SSSR count). The van der Waals surface area contributed by atoms with Crippen LogP contribution in [0, 0.1) is 34.8 Å². The summed E-state index contributed by atoms with van der Waals surface area (Å²) in [5, 5.41) is 21.2. The second-order valence-electron chi connectivity index (χ2n) is 13.1. The maximum absolute atomic E-state index is 16.9. The molecule has 2 aromatic carbocycles. The van der Waals surface area contributed by atoms with Gasteiger partial charge < -0.3 is 20.5 Å². The fourth-order valence-electron chi connectivity index (χ4n) is 8.28. The Hall–Kier alpha value is -3.63. The van der Waals surface area contributed by atoms with E-state index in [1.807, 2.05) is 11.0 Å². The van der Waals surface area contributed by atoms with Gasteiger partial charge in [0.2, 0.25) is 0 Å². The first-order valence-corrected chi connectivity index (χ1v) is 16.6. The first-order chi connectivity index (χ1) is 22.2. The second kappa shape index (κ2) is 11.0. The number of hydrogen-bond donors (Lipinski definition) is 2. The predicted octanol–water partition coefficient (Wildman–Crippen LogP) is 6.57. The summed E-state index contributed by atoms with van der Waals surface area (Å²) in [5.74, 6) is -0.561. The number of anilines is 2. The van der Waals surface area contributed by atoms with Crippen LogP contribution in [-0.2, 0) is 0 Å². The predicted molar refractivity (Wildman–Crippen MR) is 172 cm³/mol. The van der Waals surface area contributed by atoms with Gasteiger partial charge in [0, 0.05) is 41.9 Å². The number of aliphatic hydroxyl groups excluding tert-OH is 1. The molecule has 3 saturated heterocycles. The number of nitrogens with two attached hydrogens (primary N) is 1. The van der Waals surface area contributed by atoms with Crippen molar-refractivity contribution in [2.75, 3.05) is 43.4 Å². The number of hydrogen-bond acceptors (Lipinski definition) is 9. The highest BCUT2D eigenvalue weighted by Crippen LogP contribution is 2.47. The Kier molecular flexibility index (Phi) is 7.10. The molecule has 1 unspecified atom stereocenters. The van der Waals surface area contributed by atoms with Crippen molar-refractivity contribution in [1.29, 1.82) is 5.26 Å². The Labute approximate surface area is 271 Å². The van der Waals surface area contributed by atoms with Crippen molar-refractivity contribution in [3.8, 4) is 23.2 Å². The molecule has 238 valence electrons. The quantitative estimate of drug-likeness (QED) is 0.246. The van der Waals surface area contributed by atoms with Crippen molar-refractivity contribution in [2.24, 2.45) is 11.8 Å². The number of fused-ring (bicyclic) bond motifs is 5. The van der Waals surface area contributed by atoms with Crippen LogP contribution in [0.1, 0.15) is 37.7 Å². The van der Waals surface area contributed by atoms with Crippen molar-refractivity contribution in [1.82, 2.24) is 14.9 Å². The molecule has 4 atom stereocenters. The van der Waals surface area contributed by atoms with Gasteiger partial charge in [0.1, 0.15) is 34.8 Å². The summed E-state index contributed by atoms with van der Waals surface area (Å²) >= 11 is 7.75. The van der Waals surface area contributed by atoms with Gasteiger partial charge in [-0.25, -0.2) is 13.2 Å². The molecule has 2 bridgehead atoms. The number of nitrogens with zero attached hydrogens (tertiary/aromatic N) is 5. The molecule has 0 spiro atoms. The maximum atomic E-state index is 16.9. The standard InChI is InChI=1S/C33H30ClF3N6O2S/c34-22-8-20-28(27(37)26(22)19-2-3-23(36)29-25(19)21(11-38)30(39)46-29)40-32(41-31(20)42-12-16-6-18(14-42)24(44)7-16)45-15-33-4-1-5-43(33)13-17(9-33)10-35/h2-3,8,10,16,18,24,44H,1,4-7,9,12-15,39H2/b17-10-/t16-,18-,24-,33?/m1/s1. The smallest absolute Gasteiger partial charge is 0.319 e. The molecule has 1 aliphatic carbocycles. The summed E-state index contributed by atoms with van der Waals surface area (Å²) in [6, 6.07) is 6.21. The molecule has 46 heavy (non-hydrogen) atoms. The van der Waals surface area contributed by atoms with Gasteiger partial charge in [-0.3, -0.25) is 4.90 Å². The number of piperidine rings is 1. The highest BCUT2D eigenvalue weighted by atomic mass is 35.5.